The van der Waals surface area contributed by atoms with Gasteiger partial charge < -0.3 is 18.1 Å². The van der Waals surface area contributed by atoms with Crippen molar-refractivity contribution in [3.8, 4) is 130 Å². The summed E-state index contributed by atoms with van der Waals surface area (Å²) in [5.74, 6) is 2.28. The van der Waals surface area contributed by atoms with Crippen LogP contribution in [0.2, 0.25) is 39.3 Å². The molecule has 26 aromatic rings. The van der Waals surface area contributed by atoms with Crippen molar-refractivity contribution in [1.82, 2.24) is 43.6 Å². The molecular formula is C129H93N9OSSi3. The van der Waals surface area contributed by atoms with Crippen LogP contribution in [-0.2, 0) is 5.41 Å². The number of rotatable bonds is 9. The maximum atomic E-state index is 6.30. The second-order valence-electron chi connectivity index (χ2n) is 40.7. The molecule has 0 amide bonds. The Bertz CT molecular complexity index is 9500. The fourth-order valence-electron chi connectivity index (χ4n) is 24.4. The van der Waals surface area contributed by atoms with Gasteiger partial charge in [-0.25, -0.2) is 29.9 Å². The third kappa shape index (κ3) is 12.9. The summed E-state index contributed by atoms with van der Waals surface area (Å²) >= 11 is 1.87. The molecular weight excluding hydrogens is 1810 g/mol. The summed E-state index contributed by atoms with van der Waals surface area (Å²) in [7, 11) is -6.03. The second-order valence-corrected chi connectivity index (χ2v) is 54.6. The van der Waals surface area contributed by atoms with E-state index in [4.69, 9.17) is 34.3 Å². The Morgan fingerprint density at radius 3 is 1.09 bits per heavy atom. The van der Waals surface area contributed by atoms with E-state index in [-0.39, 0.29) is 5.41 Å². The Hall–Kier alpha value is -16.7. The van der Waals surface area contributed by atoms with E-state index in [0.717, 1.165) is 135 Å². The minimum absolute atomic E-state index is 0.0440. The molecule has 10 nitrogen and oxygen atoms in total. The molecule has 0 spiro atoms. The van der Waals surface area contributed by atoms with Gasteiger partial charge in [0.25, 0.3) is 0 Å². The molecule has 11 heterocycles. The molecule has 18 aromatic carbocycles. The maximum absolute atomic E-state index is 6.30. The van der Waals surface area contributed by atoms with Gasteiger partial charge in [-0.05, 0) is 185 Å². The first-order valence-corrected chi connectivity index (χ1v) is 59.2. The summed E-state index contributed by atoms with van der Waals surface area (Å²) in [5, 5.41) is 20.6. The van der Waals surface area contributed by atoms with Crippen LogP contribution in [0.15, 0.2) is 423 Å². The molecule has 678 valence electrons. The van der Waals surface area contributed by atoms with Crippen molar-refractivity contribution in [2.75, 3.05) is 0 Å². The van der Waals surface area contributed by atoms with E-state index in [2.05, 4.69) is 473 Å². The predicted molar refractivity (Wildman–Crippen MR) is 606 cm³/mol. The molecule has 4 aliphatic rings. The number of nitrogens with zero attached hydrogens (tertiary/aromatic N) is 9. The lowest BCUT2D eigenvalue weighted by molar-refractivity contribution is 0.661. The lowest BCUT2D eigenvalue weighted by Crippen LogP contribution is -2.50. The fourth-order valence-corrected chi connectivity index (χ4v) is 35.2. The molecule has 3 aliphatic heterocycles. The van der Waals surface area contributed by atoms with Gasteiger partial charge in [-0.2, -0.15) is 0 Å². The third-order valence-corrected chi connectivity index (χ3v) is 42.8. The van der Waals surface area contributed by atoms with Crippen LogP contribution in [0.3, 0.4) is 0 Å². The molecule has 143 heavy (non-hydrogen) atoms. The Kier molecular flexibility index (Phi) is 18.8. The van der Waals surface area contributed by atoms with E-state index in [1.54, 1.807) is 0 Å². The molecule has 0 fully saturated rings. The van der Waals surface area contributed by atoms with Crippen molar-refractivity contribution in [1.29, 1.82) is 0 Å². The number of fused-ring (bicyclic) bond motifs is 27. The van der Waals surface area contributed by atoms with Crippen LogP contribution in [0, 0.1) is 0 Å². The average molecular weight is 1900 g/mol. The first kappa shape index (κ1) is 84.3. The van der Waals surface area contributed by atoms with Crippen LogP contribution in [0.1, 0.15) is 25.0 Å². The highest BCUT2D eigenvalue weighted by molar-refractivity contribution is 7.26. The van der Waals surface area contributed by atoms with E-state index < -0.39 is 24.2 Å². The predicted octanol–water partition coefficient (Wildman–Crippen LogP) is 29.7. The van der Waals surface area contributed by atoms with Crippen molar-refractivity contribution in [3.63, 3.8) is 0 Å². The van der Waals surface area contributed by atoms with Gasteiger partial charge >= 0.3 is 0 Å². The summed E-state index contributed by atoms with van der Waals surface area (Å²) in [5.41, 5.74) is 34.3. The SMILES string of the molecule is CC1(C)c2ccccc2-c2cc3c(cc21)c1ccccc1n3-c1ccc(-c2nc(-c3ccccc3)c3c(n2)-c2ccccc2[Si]3(C)C)cc1.C[Si]1(C)c2ccccc2-c2nc(-c3cccc(-n4c5ccccc5c5cc6oc7ccccc7c6cc54)c3)nc(-c3ccccc3)c21.C[Si]1(C)c2ccccc2-c2nc(-c3cccc(-n4c5ccccc5c5cc6sc7ccccc7c6cc54)c3)nc(-c3ccccc3)c21. The molecule has 1 aliphatic carbocycles. The molecule has 0 saturated heterocycles. The second kappa shape index (κ2) is 31.9. The molecule has 0 radical (unpaired) electrons. The Balaban J connectivity index is 0.000000105. The van der Waals surface area contributed by atoms with Crippen LogP contribution >= 0.6 is 11.3 Å². The number of thiophene rings is 1. The smallest absolute Gasteiger partial charge is 0.160 e. The van der Waals surface area contributed by atoms with Gasteiger partial charge in [0.2, 0.25) is 0 Å². The average Bonchev–Trinajstić information content (AvgIpc) is 1.56. The topological polar surface area (TPSA) is 105 Å². The van der Waals surface area contributed by atoms with Gasteiger partial charge in [-0.15, -0.1) is 11.3 Å². The molecule has 0 bridgehead atoms. The minimum atomic E-state index is -2.02. The fraction of sp³-hybridized carbons (Fsp3) is 0.0698. The van der Waals surface area contributed by atoms with Gasteiger partial charge in [0.15, 0.2) is 17.5 Å². The largest absolute Gasteiger partial charge is 0.456 e. The van der Waals surface area contributed by atoms with E-state index >= 15 is 0 Å². The highest BCUT2D eigenvalue weighted by Crippen LogP contribution is 2.53. The third-order valence-electron chi connectivity index (χ3n) is 31.1. The summed E-state index contributed by atoms with van der Waals surface area (Å²) in [6.45, 7) is 19.3. The van der Waals surface area contributed by atoms with Gasteiger partial charge in [0, 0.05) is 119 Å². The molecule has 0 unspecified atom stereocenters. The van der Waals surface area contributed by atoms with Gasteiger partial charge in [-0.1, -0.05) is 356 Å². The highest BCUT2D eigenvalue weighted by atomic mass is 32.1. The van der Waals surface area contributed by atoms with E-state index in [0.29, 0.717) is 0 Å². The zero-order valence-corrected chi connectivity index (χ0v) is 84.0. The minimum Gasteiger partial charge on any atom is -0.456 e. The standard InChI is InChI=1S/C45H35N3Si.C42H29N3OSi.C42H29N3SSi/c1-45(2)36-19-11-8-16-31(36)34-27-39-35(26-37(34)45)32-17-9-12-20-38(32)48(39)30-24-22-29(23-25-30)44-46-41(28-14-6-5-7-15-28)43-42(47-44)33-18-10-13-21-40(33)49(43,3)4;2*1-47(2)38-22-11-8-19-31(38)40-41(47)39(26-13-4-3-5-14-26)43-42(44-40)27-15-12-16-28(23-27)45-34-20-9-6-17-29(34)32-25-37-33(24-35(32)45)30-18-7-10-21-36(30)46-37/h5-27H,1-4H3;2*3-25H,1-2H3. The number of benzene rings is 18. The molecule has 0 N–H and O–H groups in total. The monoisotopic (exact) mass is 1900 g/mol. The lowest BCUT2D eigenvalue weighted by atomic mass is 9.82. The van der Waals surface area contributed by atoms with Gasteiger partial charge in [0.1, 0.15) is 35.4 Å². The lowest BCUT2D eigenvalue weighted by Gasteiger charge is -2.21. The van der Waals surface area contributed by atoms with Crippen molar-refractivity contribution >= 4 is 174 Å². The quantitative estimate of drug-likeness (QED) is 0.133. The molecule has 0 atom stereocenters. The van der Waals surface area contributed by atoms with Gasteiger partial charge in [-0.3, -0.25) is 0 Å². The number of furan rings is 1. The summed E-state index contributed by atoms with van der Waals surface area (Å²) in [6.07, 6.45) is 0. The van der Waals surface area contributed by atoms with Crippen LogP contribution in [0.5, 0.6) is 0 Å². The number of hydrogen-bond acceptors (Lipinski definition) is 8. The van der Waals surface area contributed by atoms with Crippen LogP contribution in [0.4, 0.5) is 0 Å². The highest BCUT2D eigenvalue weighted by Gasteiger charge is 2.46. The first-order valence-electron chi connectivity index (χ1n) is 49.4. The molecule has 8 aromatic heterocycles. The van der Waals surface area contributed by atoms with E-state index in [1.807, 2.05) is 23.5 Å². The Labute approximate surface area is 834 Å². The molecule has 14 heteroatoms. The van der Waals surface area contributed by atoms with Crippen molar-refractivity contribution in [3.05, 3.63) is 430 Å². The van der Waals surface area contributed by atoms with E-state index in [1.165, 1.54) is 145 Å². The number of hydrogen-bond donors (Lipinski definition) is 0. The zero-order valence-electron chi connectivity index (χ0n) is 80.2. The first-order chi connectivity index (χ1) is 69.9. The summed E-state index contributed by atoms with van der Waals surface area (Å²) < 4.78 is 16.1. The number of aromatic nitrogens is 9. The number of para-hydroxylation sites is 4. The van der Waals surface area contributed by atoms with Gasteiger partial charge in [0.05, 0.1) is 67.3 Å². The Morgan fingerprint density at radius 2 is 0.594 bits per heavy atom. The van der Waals surface area contributed by atoms with Crippen LogP contribution in [-0.4, -0.2) is 67.8 Å². The normalized spacial score (nSPS) is 14.0. The molecule has 0 saturated carbocycles. The maximum Gasteiger partial charge on any atom is 0.160 e. The summed E-state index contributed by atoms with van der Waals surface area (Å²) in [4.78, 5) is 32.2. The van der Waals surface area contributed by atoms with Crippen LogP contribution in [0.25, 0.3) is 237 Å². The van der Waals surface area contributed by atoms with Crippen LogP contribution < -0.4 is 31.1 Å². The van der Waals surface area contributed by atoms with Crippen molar-refractivity contribution < 1.29 is 4.42 Å². The van der Waals surface area contributed by atoms with E-state index in [9.17, 15) is 0 Å². The van der Waals surface area contributed by atoms with Crippen molar-refractivity contribution in [2.24, 2.45) is 0 Å². The Morgan fingerprint density at radius 1 is 0.224 bits per heavy atom. The zero-order chi connectivity index (χ0) is 95.6. The molecule has 30 rings (SSSR count). The van der Waals surface area contributed by atoms with Crippen molar-refractivity contribution in [2.45, 2.75) is 58.5 Å². The summed E-state index contributed by atoms with van der Waals surface area (Å²) in [6, 6.07) is 151.